The number of aliphatic hydroxyl groups is 2. The molecule has 0 aromatic carbocycles. The van der Waals surface area contributed by atoms with Crippen molar-refractivity contribution in [1.82, 2.24) is 9.55 Å². The molecule has 0 unspecified atom stereocenters. The predicted molar refractivity (Wildman–Crippen MR) is 77.1 cm³/mol. The second kappa shape index (κ2) is 5.97. The van der Waals surface area contributed by atoms with Gasteiger partial charge in [-0.1, -0.05) is 0 Å². The molecule has 2 aliphatic heterocycles. The second-order valence-corrected chi connectivity index (χ2v) is 6.08. The molecule has 0 amide bonds. The van der Waals surface area contributed by atoms with Crippen LogP contribution in [0.4, 0.5) is 0 Å². The summed E-state index contributed by atoms with van der Waals surface area (Å²) in [4.78, 5) is 26.5. The molecular formula is C14H20N2O8. The molecule has 2 aliphatic rings. The fourth-order valence-corrected chi connectivity index (χ4v) is 3.19. The average Bonchev–Trinajstić information content (AvgIpc) is 3.14. The molecule has 1 aromatic rings. The van der Waals surface area contributed by atoms with E-state index in [2.05, 4.69) is 9.72 Å². The topological polar surface area (TPSA) is 132 Å². The Morgan fingerprint density at radius 3 is 2.58 bits per heavy atom. The van der Waals surface area contributed by atoms with Crippen LogP contribution in [0.2, 0.25) is 0 Å². The van der Waals surface area contributed by atoms with Gasteiger partial charge < -0.3 is 29.2 Å². The third-order valence-electron chi connectivity index (χ3n) is 4.13. The van der Waals surface area contributed by atoms with Gasteiger partial charge in [0.25, 0.3) is 0 Å². The van der Waals surface area contributed by atoms with E-state index in [1.165, 1.54) is 7.11 Å². The number of fused-ring (bicyclic) bond motifs is 1. The number of imidazole rings is 1. The molecule has 0 radical (unpaired) electrons. The average molecular weight is 344 g/mol. The van der Waals surface area contributed by atoms with Crippen molar-refractivity contribution in [2.45, 2.75) is 50.8 Å². The first kappa shape index (κ1) is 17.1. The Bertz CT molecular complexity index is 693. The molecule has 0 saturated carbocycles. The minimum absolute atomic E-state index is 0.0162. The summed E-state index contributed by atoms with van der Waals surface area (Å²) in [6.07, 6.45) is -2.92. The molecule has 2 saturated heterocycles. The molecule has 3 N–H and O–H groups in total. The molecule has 0 aliphatic carbocycles. The van der Waals surface area contributed by atoms with Crippen LogP contribution in [0, 0.1) is 0 Å². The summed E-state index contributed by atoms with van der Waals surface area (Å²) in [5, 5.41) is 19.1. The van der Waals surface area contributed by atoms with E-state index in [0.717, 1.165) is 4.57 Å². The first-order valence-corrected chi connectivity index (χ1v) is 7.47. The maximum absolute atomic E-state index is 12.3. The second-order valence-electron chi connectivity index (χ2n) is 6.08. The molecular weight excluding hydrogens is 324 g/mol. The molecule has 2 fully saturated rings. The number of nitrogens with zero attached hydrogens (tertiary/aromatic N) is 1. The quantitative estimate of drug-likeness (QED) is 0.584. The Morgan fingerprint density at radius 1 is 1.33 bits per heavy atom. The normalized spacial score (nSPS) is 31.2. The molecule has 3 rings (SSSR count). The molecule has 0 bridgehead atoms. The van der Waals surface area contributed by atoms with Crippen molar-refractivity contribution in [1.29, 1.82) is 0 Å². The van der Waals surface area contributed by atoms with E-state index < -0.39 is 48.6 Å². The van der Waals surface area contributed by atoms with Gasteiger partial charge in [0.2, 0.25) is 0 Å². The fraction of sp³-hybridized carbons (Fsp3) is 0.714. The van der Waals surface area contributed by atoms with E-state index in [-0.39, 0.29) is 18.0 Å². The number of methoxy groups -OCH3 is 1. The Hall–Kier alpha value is -1.72. The third-order valence-corrected chi connectivity index (χ3v) is 4.13. The van der Waals surface area contributed by atoms with E-state index >= 15 is 0 Å². The zero-order valence-corrected chi connectivity index (χ0v) is 13.5. The molecule has 4 atom stereocenters. The van der Waals surface area contributed by atoms with Crippen LogP contribution in [0.1, 0.15) is 36.3 Å². The maximum atomic E-state index is 12.3. The van der Waals surface area contributed by atoms with Crippen molar-refractivity contribution < 1.29 is 34.0 Å². The number of carbonyl (C=O) groups is 1. The summed E-state index contributed by atoms with van der Waals surface area (Å²) in [7, 11) is 1.17. The van der Waals surface area contributed by atoms with Gasteiger partial charge in [-0.15, -0.1) is 0 Å². The largest absolute Gasteiger partial charge is 0.464 e. The Kier molecular flexibility index (Phi) is 4.26. The summed E-state index contributed by atoms with van der Waals surface area (Å²) in [6.45, 7) is 2.51. The van der Waals surface area contributed by atoms with Gasteiger partial charge in [0.15, 0.2) is 17.7 Å². The number of hydrogen-bond donors (Lipinski definition) is 3. The van der Waals surface area contributed by atoms with Gasteiger partial charge >= 0.3 is 11.7 Å². The number of nitrogens with one attached hydrogen (secondary N) is 1. The number of aromatic amines is 1. The van der Waals surface area contributed by atoms with E-state index in [1.54, 1.807) is 13.8 Å². The Morgan fingerprint density at radius 2 is 2.00 bits per heavy atom. The number of aromatic nitrogens is 2. The SMILES string of the molecule is COC(=O)c1[nH]c(=O)n([C@@H]2O[C@H](CO)[C@H]3OC(C)(C)O[C@H]32)c1CO. The third kappa shape index (κ3) is 2.56. The molecule has 134 valence electrons. The lowest BCUT2D eigenvalue weighted by molar-refractivity contribution is -0.200. The number of esters is 1. The maximum Gasteiger partial charge on any atom is 0.356 e. The zero-order valence-electron chi connectivity index (χ0n) is 13.5. The van der Waals surface area contributed by atoms with Gasteiger partial charge in [0.1, 0.15) is 18.3 Å². The minimum atomic E-state index is -0.960. The molecule has 3 heterocycles. The van der Waals surface area contributed by atoms with Crippen LogP contribution in [0.5, 0.6) is 0 Å². The number of ether oxygens (including phenoxy) is 4. The van der Waals surface area contributed by atoms with Crippen molar-refractivity contribution in [3.05, 3.63) is 21.9 Å². The van der Waals surface area contributed by atoms with Crippen LogP contribution in [-0.2, 0) is 25.6 Å². The van der Waals surface area contributed by atoms with E-state index in [0.29, 0.717) is 0 Å². The highest BCUT2D eigenvalue weighted by Crippen LogP contribution is 2.43. The van der Waals surface area contributed by atoms with Crippen molar-refractivity contribution in [2.75, 3.05) is 13.7 Å². The van der Waals surface area contributed by atoms with E-state index in [9.17, 15) is 19.8 Å². The summed E-state index contributed by atoms with van der Waals surface area (Å²) >= 11 is 0. The number of aliphatic hydroxyl groups excluding tert-OH is 2. The predicted octanol–water partition coefficient (Wildman–Crippen LogP) is -1.13. The summed E-state index contributed by atoms with van der Waals surface area (Å²) < 4.78 is 22.9. The lowest BCUT2D eigenvalue weighted by atomic mass is 10.1. The first-order valence-electron chi connectivity index (χ1n) is 7.47. The monoisotopic (exact) mass is 344 g/mol. The highest BCUT2D eigenvalue weighted by molar-refractivity contribution is 5.88. The zero-order chi connectivity index (χ0) is 17.6. The van der Waals surface area contributed by atoms with Gasteiger partial charge in [-0.2, -0.15) is 0 Å². The highest BCUT2D eigenvalue weighted by atomic mass is 16.8. The Labute approximate surface area is 136 Å². The van der Waals surface area contributed by atoms with Gasteiger partial charge in [-0.05, 0) is 13.8 Å². The van der Waals surface area contributed by atoms with Crippen LogP contribution < -0.4 is 5.69 Å². The number of rotatable bonds is 4. The fourth-order valence-electron chi connectivity index (χ4n) is 3.19. The minimum Gasteiger partial charge on any atom is -0.464 e. The van der Waals surface area contributed by atoms with Gasteiger partial charge in [-0.25, -0.2) is 9.59 Å². The van der Waals surface area contributed by atoms with Crippen LogP contribution in [-0.4, -0.2) is 63.5 Å². The molecule has 10 heteroatoms. The number of carbonyl (C=O) groups excluding carboxylic acids is 1. The van der Waals surface area contributed by atoms with Crippen molar-refractivity contribution in [2.24, 2.45) is 0 Å². The standard InChI is InChI=1S/C14H20N2O8/c1-14(2)23-9-7(5-18)22-11(10(9)24-14)16-6(4-17)8(12(19)21-3)15-13(16)20/h7,9-11,17-18H,4-5H2,1-3H3,(H,15,20)/t7-,9-,10-,11-/m1/s1. The lowest BCUT2D eigenvalue weighted by Crippen LogP contribution is -2.34. The van der Waals surface area contributed by atoms with E-state index in [4.69, 9.17) is 14.2 Å². The highest BCUT2D eigenvalue weighted by Gasteiger charge is 2.56. The summed E-state index contributed by atoms with van der Waals surface area (Å²) in [6, 6.07) is 0. The van der Waals surface area contributed by atoms with Gasteiger partial charge in [0.05, 0.1) is 26.0 Å². The molecule has 24 heavy (non-hydrogen) atoms. The van der Waals surface area contributed by atoms with Crippen LogP contribution in [0.3, 0.4) is 0 Å². The van der Waals surface area contributed by atoms with Gasteiger partial charge in [-0.3, -0.25) is 9.55 Å². The summed E-state index contributed by atoms with van der Waals surface area (Å²) in [5.41, 5.74) is -0.798. The Balaban J connectivity index is 2.04. The van der Waals surface area contributed by atoms with Crippen molar-refractivity contribution in [3.8, 4) is 0 Å². The molecule has 0 spiro atoms. The lowest BCUT2D eigenvalue weighted by Gasteiger charge is -2.24. The molecule has 1 aromatic heterocycles. The number of hydrogen-bond acceptors (Lipinski definition) is 8. The van der Waals surface area contributed by atoms with Crippen molar-refractivity contribution in [3.63, 3.8) is 0 Å². The van der Waals surface area contributed by atoms with Crippen LogP contribution in [0.15, 0.2) is 4.79 Å². The van der Waals surface area contributed by atoms with Crippen molar-refractivity contribution >= 4 is 5.97 Å². The first-order chi connectivity index (χ1) is 11.3. The van der Waals surface area contributed by atoms with Gasteiger partial charge in [0, 0.05) is 0 Å². The smallest absolute Gasteiger partial charge is 0.356 e. The van der Waals surface area contributed by atoms with E-state index in [1.807, 2.05) is 0 Å². The number of H-pyrrole nitrogens is 1. The molecule has 10 nitrogen and oxygen atoms in total. The van der Waals surface area contributed by atoms with Crippen LogP contribution in [0.25, 0.3) is 0 Å². The summed E-state index contributed by atoms with van der Waals surface area (Å²) in [5.74, 6) is -1.69. The van der Waals surface area contributed by atoms with Crippen LogP contribution >= 0.6 is 0 Å².